The van der Waals surface area contributed by atoms with Crippen molar-refractivity contribution in [3.05, 3.63) is 77.9 Å². The van der Waals surface area contributed by atoms with Crippen LogP contribution in [0.15, 0.2) is 71.6 Å². The van der Waals surface area contributed by atoms with Crippen LogP contribution in [0.25, 0.3) is 0 Å². The lowest BCUT2D eigenvalue weighted by molar-refractivity contribution is -0.152. The molecule has 7 nitrogen and oxygen atoms in total. The van der Waals surface area contributed by atoms with Gasteiger partial charge in [-0.2, -0.15) is 0 Å². The number of methoxy groups -OCH3 is 1. The van der Waals surface area contributed by atoms with Crippen molar-refractivity contribution < 1.29 is 23.8 Å². The summed E-state index contributed by atoms with van der Waals surface area (Å²) in [4.78, 5) is 30.7. The van der Waals surface area contributed by atoms with Crippen LogP contribution in [0.2, 0.25) is 0 Å². The van der Waals surface area contributed by atoms with Crippen LogP contribution in [-0.2, 0) is 14.3 Å². The average molecular weight is 521 g/mol. The van der Waals surface area contributed by atoms with E-state index in [1.165, 1.54) is 18.7 Å². The second-order valence-electron chi connectivity index (χ2n) is 9.18. The number of thioether (sulfide) groups is 1. The number of rotatable bonds is 8. The van der Waals surface area contributed by atoms with Gasteiger partial charge in [-0.1, -0.05) is 24.3 Å². The van der Waals surface area contributed by atoms with Crippen LogP contribution in [0, 0.1) is 6.92 Å². The van der Waals surface area contributed by atoms with E-state index < -0.39 is 17.3 Å². The number of anilines is 1. The minimum atomic E-state index is -0.994. The first-order valence-electron chi connectivity index (χ1n) is 12.1. The molecule has 0 unspecified atom stereocenters. The third-order valence-corrected chi connectivity index (χ3v) is 7.35. The molecule has 0 saturated carbocycles. The molecule has 4 rings (SSSR count). The van der Waals surface area contributed by atoms with E-state index in [2.05, 4.69) is 0 Å². The molecule has 0 aromatic heterocycles. The van der Waals surface area contributed by atoms with E-state index in [1.54, 1.807) is 12.0 Å². The van der Waals surface area contributed by atoms with Crippen molar-refractivity contribution in [3.8, 4) is 17.2 Å². The van der Waals surface area contributed by atoms with E-state index >= 15 is 0 Å². The number of aryl methyl sites for hydroxylation is 1. The minimum Gasteiger partial charge on any atom is -0.497 e. The van der Waals surface area contributed by atoms with E-state index in [4.69, 9.17) is 14.2 Å². The van der Waals surface area contributed by atoms with Gasteiger partial charge in [0, 0.05) is 24.9 Å². The molecule has 1 aliphatic rings. The number of esters is 1. The fourth-order valence-electron chi connectivity index (χ4n) is 4.15. The Kier molecular flexibility index (Phi) is 8.41. The van der Waals surface area contributed by atoms with Crippen LogP contribution in [0.3, 0.4) is 0 Å². The van der Waals surface area contributed by atoms with E-state index in [9.17, 15) is 9.59 Å². The van der Waals surface area contributed by atoms with Crippen molar-refractivity contribution in [1.29, 1.82) is 0 Å². The Balaban J connectivity index is 1.78. The highest BCUT2D eigenvalue weighted by Gasteiger charge is 2.41. The molecule has 0 saturated heterocycles. The lowest BCUT2D eigenvalue weighted by Crippen LogP contribution is -2.45. The molecule has 194 valence electrons. The van der Waals surface area contributed by atoms with Gasteiger partial charge in [0.05, 0.1) is 18.0 Å². The summed E-state index contributed by atoms with van der Waals surface area (Å²) in [5.74, 6) is 1.36. The van der Waals surface area contributed by atoms with Crippen molar-refractivity contribution in [2.24, 2.45) is 0 Å². The Morgan fingerprint density at radius 1 is 1.00 bits per heavy atom. The highest BCUT2D eigenvalue weighted by Crippen LogP contribution is 2.48. The van der Waals surface area contributed by atoms with Gasteiger partial charge >= 0.3 is 5.97 Å². The number of hydrogen-bond donors (Lipinski definition) is 0. The molecule has 1 heterocycles. The lowest BCUT2D eigenvalue weighted by atomic mass is 10.1. The van der Waals surface area contributed by atoms with Crippen LogP contribution in [0.5, 0.6) is 17.2 Å². The Morgan fingerprint density at radius 3 is 2.35 bits per heavy atom. The molecular weight excluding hydrogens is 488 g/mol. The number of hydrogen-bond acceptors (Lipinski definition) is 7. The van der Waals surface area contributed by atoms with E-state index in [0.717, 1.165) is 27.5 Å². The van der Waals surface area contributed by atoms with Gasteiger partial charge < -0.3 is 24.0 Å². The summed E-state index contributed by atoms with van der Waals surface area (Å²) >= 11 is 1.49. The molecular formula is C29H32N2O5S. The zero-order valence-corrected chi connectivity index (χ0v) is 22.6. The molecule has 8 heteroatoms. The molecule has 1 amide bonds. The van der Waals surface area contributed by atoms with E-state index in [0.29, 0.717) is 24.6 Å². The minimum absolute atomic E-state index is 0.253. The molecule has 0 N–H and O–H groups in total. The number of carbonyl (C=O) groups is 2. The fourth-order valence-corrected chi connectivity index (χ4v) is 5.49. The monoisotopic (exact) mass is 520 g/mol. The molecule has 0 radical (unpaired) electrons. The zero-order chi connectivity index (χ0) is 26.5. The summed E-state index contributed by atoms with van der Waals surface area (Å²) in [6.45, 7) is 4.45. The summed E-state index contributed by atoms with van der Waals surface area (Å²) < 4.78 is 17.2. The topological polar surface area (TPSA) is 68.3 Å². The van der Waals surface area contributed by atoms with Gasteiger partial charge in [0.25, 0.3) is 5.91 Å². The van der Waals surface area contributed by atoms with Crippen LogP contribution in [-0.4, -0.2) is 57.2 Å². The first-order chi connectivity index (χ1) is 17.7. The maximum Gasteiger partial charge on any atom is 0.303 e. The molecule has 37 heavy (non-hydrogen) atoms. The maximum absolute atomic E-state index is 13.9. The van der Waals surface area contributed by atoms with Gasteiger partial charge in [-0.3, -0.25) is 9.59 Å². The number of fused-ring (bicyclic) bond motifs is 1. The molecule has 3 aromatic rings. The second-order valence-corrected chi connectivity index (χ2v) is 10.4. The Hall–Kier alpha value is -3.49. The molecule has 0 spiro atoms. The van der Waals surface area contributed by atoms with Crippen molar-refractivity contribution >= 4 is 29.3 Å². The summed E-state index contributed by atoms with van der Waals surface area (Å²) in [7, 11) is 5.52. The SMILES string of the molecule is COc1ccc([C@H]2Sc3cc(Oc4cccc(C)c4)ccc3N(CCN(C)C)C(=O)[C@H]2OC(C)=O)cc1. The molecule has 2 atom stereocenters. The molecule has 0 fully saturated rings. The number of carbonyl (C=O) groups excluding carboxylic acids is 2. The predicted octanol–water partition coefficient (Wildman–Crippen LogP) is 5.47. The standard InChI is InChI=1S/C29H32N2O5S/c1-19-7-6-8-23(17-19)36-24-13-14-25-26(18-24)37-28(21-9-11-22(34-5)12-10-21)27(35-20(2)32)29(33)31(25)16-15-30(3)4/h6-14,17-18,27-28H,15-16H2,1-5H3/t27-,28+/m0/s1. The third kappa shape index (κ3) is 6.45. The summed E-state index contributed by atoms with van der Waals surface area (Å²) in [5.41, 5.74) is 2.73. The van der Waals surface area contributed by atoms with Gasteiger partial charge in [-0.15, -0.1) is 11.8 Å². The number of ether oxygens (including phenoxy) is 3. The van der Waals surface area contributed by atoms with Crippen molar-refractivity contribution in [3.63, 3.8) is 0 Å². The van der Waals surface area contributed by atoms with E-state index in [-0.39, 0.29) is 5.91 Å². The second kappa shape index (κ2) is 11.7. The highest BCUT2D eigenvalue weighted by atomic mass is 32.2. The molecule has 1 aliphatic heterocycles. The van der Waals surface area contributed by atoms with E-state index in [1.807, 2.05) is 92.6 Å². The van der Waals surface area contributed by atoms with Crippen LogP contribution in [0.4, 0.5) is 5.69 Å². The normalized spacial score (nSPS) is 17.2. The Bertz CT molecular complexity index is 1260. The van der Waals surface area contributed by atoms with Gasteiger partial charge in [0.1, 0.15) is 17.2 Å². The smallest absolute Gasteiger partial charge is 0.303 e. The highest BCUT2D eigenvalue weighted by molar-refractivity contribution is 7.99. The van der Waals surface area contributed by atoms with Gasteiger partial charge in [-0.25, -0.2) is 0 Å². The number of likely N-dealkylation sites (N-methyl/N-ethyl adjacent to an activating group) is 1. The van der Waals surface area contributed by atoms with Gasteiger partial charge in [0.15, 0.2) is 6.10 Å². The number of amides is 1. The molecule has 0 aliphatic carbocycles. The maximum atomic E-state index is 13.9. The third-order valence-electron chi connectivity index (χ3n) is 5.99. The zero-order valence-electron chi connectivity index (χ0n) is 21.8. The fraction of sp³-hybridized carbons (Fsp3) is 0.310. The first kappa shape index (κ1) is 26.6. The average Bonchev–Trinajstić information content (AvgIpc) is 2.97. The van der Waals surface area contributed by atoms with Gasteiger partial charge in [-0.05, 0) is 74.6 Å². The predicted molar refractivity (Wildman–Crippen MR) is 146 cm³/mol. The van der Waals surface area contributed by atoms with Crippen LogP contribution >= 0.6 is 11.8 Å². The summed E-state index contributed by atoms with van der Waals surface area (Å²) in [6, 6.07) is 21.1. The van der Waals surface area contributed by atoms with Crippen molar-refractivity contribution in [2.75, 3.05) is 39.2 Å². The Morgan fingerprint density at radius 2 is 1.70 bits per heavy atom. The lowest BCUT2D eigenvalue weighted by Gasteiger charge is -2.28. The van der Waals surface area contributed by atoms with Crippen molar-refractivity contribution in [1.82, 2.24) is 4.90 Å². The first-order valence-corrected chi connectivity index (χ1v) is 13.0. The molecule has 3 aromatic carbocycles. The number of benzene rings is 3. The summed E-state index contributed by atoms with van der Waals surface area (Å²) in [5, 5.41) is -0.459. The van der Waals surface area contributed by atoms with Crippen molar-refractivity contribution in [2.45, 2.75) is 30.1 Å². The quantitative estimate of drug-likeness (QED) is 0.365. The largest absolute Gasteiger partial charge is 0.497 e. The van der Waals surface area contributed by atoms with Crippen LogP contribution in [0.1, 0.15) is 23.3 Å². The van der Waals surface area contributed by atoms with Gasteiger partial charge in [0.2, 0.25) is 0 Å². The Labute approximate surface area is 222 Å². The number of nitrogens with zero attached hydrogens (tertiary/aromatic N) is 2. The summed E-state index contributed by atoms with van der Waals surface area (Å²) in [6.07, 6.45) is -0.994. The van der Waals surface area contributed by atoms with Crippen LogP contribution < -0.4 is 14.4 Å². The molecule has 0 bridgehead atoms.